The van der Waals surface area contributed by atoms with E-state index in [2.05, 4.69) is 10.7 Å². The van der Waals surface area contributed by atoms with E-state index in [-0.39, 0.29) is 36.9 Å². The van der Waals surface area contributed by atoms with Gasteiger partial charge >= 0.3 is 0 Å². The van der Waals surface area contributed by atoms with E-state index in [9.17, 15) is 9.59 Å². The third-order valence-corrected chi connectivity index (χ3v) is 2.24. The monoisotopic (exact) mass is 230 g/mol. The molecule has 0 aromatic heterocycles. The number of carbonyl (C=O) groups is 2. The van der Waals surface area contributed by atoms with Gasteiger partial charge in [-0.2, -0.15) is 0 Å². The van der Waals surface area contributed by atoms with Gasteiger partial charge in [-0.15, -0.1) is 0 Å². The lowest BCUT2D eigenvalue weighted by molar-refractivity contribution is -0.125. The van der Waals surface area contributed by atoms with Crippen LogP contribution < -0.4 is 16.6 Å². The zero-order chi connectivity index (χ0) is 12.7. The van der Waals surface area contributed by atoms with Crippen molar-refractivity contribution in [2.24, 2.45) is 5.84 Å². The van der Waals surface area contributed by atoms with Gasteiger partial charge in [-0.25, -0.2) is 5.84 Å². The molecule has 0 aromatic carbocycles. The Morgan fingerprint density at radius 3 is 2.25 bits per heavy atom. The predicted octanol–water partition coefficient (Wildman–Crippen LogP) is -0.789. The molecule has 6 nitrogen and oxygen atoms in total. The van der Waals surface area contributed by atoms with E-state index >= 15 is 0 Å². The van der Waals surface area contributed by atoms with Crippen LogP contribution in [0.15, 0.2) is 0 Å². The highest BCUT2D eigenvalue weighted by molar-refractivity contribution is 5.78. The minimum absolute atomic E-state index is 0.0264. The fraction of sp³-hybridized carbons (Fsp3) is 0.800. The van der Waals surface area contributed by atoms with Gasteiger partial charge in [0.25, 0.3) is 0 Å². The second kappa shape index (κ2) is 7.19. The molecular weight excluding hydrogens is 208 g/mol. The van der Waals surface area contributed by atoms with Crippen LogP contribution in [0, 0.1) is 0 Å². The molecule has 1 atom stereocenters. The molecule has 0 radical (unpaired) electrons. The number of amides is 2. The van der Waals surface area contributed by atoms with Gasteiger partial charge in [0.05, 0.1) is 6.54 Å². The number of carbonyl (C=O) groups excluding carboxylic acids is 2. The van der Waals surface area contributed by atoms with Crippen molar-refractivity contribution in [3.63, 3.8) is 0 Å². The molecule has 0 saturated heterocycles. The average Bonchev–Trinajstić information content (AvgIpc) is 2.15. The first kappa shape index (κ1) is 14.9. The van der Waals surface area contributed by atoms with Crippen LogP contribution >= 0.6 is 0 Å². The fourth-order valence-electron chi connectivity index (χ4n) is 1.23. The molecule has 0 bridgehead atoms. The van der Waals surface area contributed by atoms with E-state index in [1.807, 2.05) is 25.7 Å². The predicted molar refractivity (Wildman–Crippen MR) is 62.3 cm³/mol. The van der Waals surface area contributed by atoms with E-state index in [1.54, 1.807) is 7.05 Å². The zero-order valence-electron chi connectivity index (χ0n) is 10.4. The van der Waals surface area contributed by atoms with Crippen LogP contribution in [0.25, 0.3) is 0 Å². The Labute approximate surface area is 96.5 Å². The van der Waals surface area contributed by atoms with Gasteiger partial charge in [0.2, 0.25) is 11.8 Å². The lowest BCUT2D eigenvalue weighted by Crippen LogP contribution is -2.43. The standard InChI is InChI=1S/C10H22N4O2/c1-7(2)12-10(16)6-14(4)8(3)5-9(15)13-11/h7-8H,5-6,11H2,1-4H3,(H,12,16)(H,13,15). The number of nitrogens with two attached hydrogens (primary N) is 1. The van der Waals surface area contributed by atoms with Crippen molar-refractivity contribution in [2.75, 3.05) is 13.6 Å². The Morgan fingerprint density at radius 2 is 1.81 bits per heavy atom. The second-order valence-corrected chi connectivity index (χ2v) is 4.26. The zero-order valence-corrected chi connectivity index (χ0v) is 10.4. The van der Waals surface area contributed by atoms with Gasteiger partial charge < -0.3 is 5.32 Å². The molecule has 0 aliphatic heterocycles. The molecule has 0 saturated carbocycles. The summed E-state index contributed by atoms with van der Waals surface area (Å²) in [5.41, 5.74) is 2.07. The van der Waals surface area contributed by atoms with Crippen molar-refractivity contribution < 1.29 is 9.59 Å². The van der Waals surface area contributed by atoms with E-state index in [0.29, 0.717) is 0 Å². The van der Waals surface area contributed by atoms with Crippen LogP contribution in [0.2, 0.25) is 0 Å². The maximum Gasteiger partial charge on any atom is 0.235 e. The lowest BCUT2D eigenvalue weighted by Gasteiger charge is -2.23. The van der Waals surface area contributed by atoms with Crippen LogP contribution in [-0.4, -0.2) is 42.4 Å². The molecule has 0 rings (SSSR count). The highest BCUT2D eigenvalue weighted by atomic mass is 16.2. The number of nitrogens with zero attached hydrogens (tertiary/aromatic N) is 1. The summed E-state index contributed by atoms with van der Waals surface area (Å²) in [5.74, 6) is 4.71. The molecule has 0 aliphatic rings. The quantitative estimate of drug-likeness (QED) is 0.317. The number of rotatable bonds is 6. The topological polar surface area (TPSA) is 87.5 Å². The van der Waals surface area contributed by atoms with E-state index < -0.39 is 0 Å². The molecule has 0 aliphatic carbocycles. The van der Waals surface area contributed by atoms with Crippen LogP contribution in [-0.2, 0) is 9.59 Å². The summed E-state index contributed by atoms with van der Waals surface area (Å²) in [4.78, 5) is 24.3. The van der Waals surface area contributed by atoms with Crippen molar-refractivity contribution in [1.82, 2.24) is 15.6 Å². The van der Waals surface area contributed by atoms with E-state index in [1.165, 1.54) is 0 Å². The number of hydrogen-bond acceptors (Lipinski definition) is 4. The van der Waals surface area contributed by atoms with E-state index in [0.717, 1.165) is 0 Å². The van der Waals surface area contributed by atoms with Gasteiger partial charge in [-0.3, -0.25) is 19.9 Å². The molecule has 0 heterocycles. The van der Waals surface area contributed by atoms with Gasteiger partial charge in [0, 0.05) is 18.5 Å². The first-order valence-corrected chi connectivity index (χ1v) is 5.35. The summed E-state index contributed by atoms with van der Waals surface area (Å²) in [6, 6.07) is 0.102. The highest BCUT2D eigenvalue weighted by Crippen LogP contribution is 2.00. The minimum atomic E-state index is -0.233. The van der Waals surface area contributed by atoms with Gasteiger partial charge in [-0.1, -0.05) is 0 Å². The lowest BCUT2D eigenvalue weighted by atomic mass is 10.2. The van der Waals surface area contributed by atoms with Crippen molar-refractivity contribution in [3.05, 3.63) is 0 Å². The molecule has 0 fully saturated rings. The Hall–Kier alpha value is -1.14. The fourth-order valence-corrected chi connectivity index (χ4v) is 1.23. The normalized spacial score (nSPS) is 12.7. The molecule has 0 spiro atoms. The number of nitrogens with one attached hydrogen (secondary N) is 2. The van der Waals surface area contributed by atoms with Crippen molar-refractivity contribution in [3.8, 4) is 0 Å². The molecule has 1 unspecified atom stereocenters. The first-order valence-electron chi connectivity index (χ1n) is 5.35. The number of hydrogen-bond donors (Lipinski definition) is 3. The third kappa shape index (κ3) is 6.36. The minimum Gasteiger partial charge on any atom is -0.353 e. The molecule has 94 valence electrons. The molecule has 4 N–H and O–H groups in total. The summed E-state index contributed by atoms with van der Waals surface area (Å²) in [7, 11) is 1.80. The Morgan fingerprint density at radius 1 is 1.25 bits per heavy atom. The second-order valence-electron chi connectivity index (χ2n) is 4.26. The van der Waals surface area contributed by atoms with Crippen LogP contribution in [0.3, 0.4) is 0 Å². The average molecular weight is 230 g/mol. The Kier molecular flexibility index (Phi) is 6.67. The maximum absolute atomic E-state index is 11.4. The van der Waals surface area contributed by atoms with E-state index in [4.69, 9.17) is 5.84 Å². The first-order chi connectivity index (χ1) is 7.36. The third-order valence-electron chi connectivity index (χ3n) is 2.24. The van der Waals surface area contributed by atoms with Crippen molar-refractivity contribution >= 4 is 11.8 Å². The van der Waals surface area contributed by atoms with Gasteiger partial charge in [0.15, 0.2) is 0 Å². The summed E-state index contributed by atoms with van der Waals surface area (Å²) in [6.45, 7) is 5.96. The van der Waals surface area contributed by atoms with Crippen LogP contribution in [0.5, 0.6) is 0 Å². The Balaban J connectivity index is 3.99. The molecular formula is C10H22N4O2. The largest absolute Gasteiger partial charge is 0.353 e. The van der Waals surface area contributed by atoms with Gasteiger partial charge in [0.1, 0.15) is 0 Å². The molecule has 16 heavy (non-hydrogen) atoms. The van der Waals surface area contributed by atoms with Crippen molar-refractivity contribution in [2.45, 2.75) is 39.3 Å². The number of likely N-dealkylation sites (N-methyl/N-ethyl adjacent to an activating group) is 1. The maximum atomic E-state index is 11.4. The summed E-state index contributed by atoms with van der Waals surface area (Å²) in [5, 5.41) is 2.79. The molecule has 0 aromatic rings. The summed E-state index contributed by atoms with van der Waals surface area (Å²) >= 11 is 0. The highest BCUT2D eigenvalue weighted by Gasteiger charge is 2.16. The molecule has 2 amide bonds. The Bertz CT molecular complexity index is 243. The smallest absolute Gasteiger partial charge is 0.235 e. The van der Waals surface area contributed by atoms with Crippen LogP contribution in [0.1, 0.15) is 27.2 Å². The number of hydrazine groups is 1. The SMILES string of the molecule is CC(C)NC(=O)CN(C)C(C)CC(=O)NN. The summed E-state index contributed by atoms with van der Waals surface area (Å²) in [6.07, 6.45) is 0.280. The summed E-state index contributed by atoms with van der Waals surface area (Å²) < 4.78 is 0. The van der Waals surface area contributed by atoms with Crippen molar-refractivity contribution in [1.29, 1.82) is 0 Å². The van der Waals surface area contributed by atoms with Gasteiger partial charge in [-0.05, 0) is 27.8 Å². The van der Waals surface area contributed by atoms with Crippen LogP contribution in [0.4, 0.5) is 0 Å². The molecule has 6 heteroatoms.